The summed E-state index contributed by atoms with van der Waals surface area (Å²) in [6.45, 7) is 2.24. The molecule has 3 aromatic carbocycles. The van der Waals surface area contributed by atoms with Crippen molar-refractivity contribution in [3.05, 3.63) is 90.0 Å². The lowest BCUT2D eigenvalue weighted by Gasteiger charge is -2.10. The molecule has 1 amide bonds. The molecule has 3 rings (SSSR count). The Morgan fingerprint density at radius 1 is 0.828 bits per heavy atom. The first-order valence-electron chi connectivity index (χ1n) is 9.47. The largest absolute Gasteiger partial charge is 0.493 e. The number of amides is 1. The second-order valence-electron chi connectivity index (χ2n) is 6.34. The molecule has 0 bridgehead atoms. The molecule has 0 unspecified atom stereocenters. The second-order valence-corrected chi connectivity index (χ2v) is 6.34. The molecule has 0 saturated heterocycles. The summed E-state index contributed by atoms with van der Waals surface area (Å²) in [5.74, 6) is -0.392. The average molecular weight is 389 g/mol. The molecular formula is C24H23NO4. The minimum Gasteiger partial charge on any atom is -0.493 e. The number of carbonyl (C=O) groups is 2. The lowest BCUT2D eigenvalue weighted by molar-refractivity contribution is -0.143. The number of esters is 1. The number of hydrogen-bond acceptors (Lipinski definition) is 4. The van der Waals surface area contributed by atoms with E-state index >= 15 is 0 Å². The van der Waals surface area contributed by atoms with Crippen molar-refractivity contribution in [1.82, 2.24) is 5.32 Å². The lowest BCUT2D eigenvalue weighted by atomic mass is 10.0. The molecule has 0 fully saturated rings. The number of carbonyl (C=O) groups excluding carboxylic acids is 2. The summed E-state index contributed by atoms with van der Waals surface area (Å²) in [6.07, 6.45) is 0. The van der Waals surface area contributed by atoms with E-state index in [1.165, 1.54) is 0 Å². The van der Waals surface area contributed by atoms with Crippen molar-refractivity contribution in [2.75, 3.05) is 13.2 Å². The monoisotopic (exact) mass is 389 g/mol. The number of para-hydroxylation sites is 1. The minimum atomic E-state index is -0.501. The van der Waals surface area contributed by atoms with Gasteiger partial charge in [-0.25, -0.2) is 0 Å². The lowest BCUT2D eigenvalue weighted by Crippen LogP contribution is -2.30. The van der Waals surface area contributed by atoms with Crippen LogP contribution in [0.2, 0.25) is 0 Å². The van der Waals surface area contributed by atoms with Crippen LogP contribution in [0.25, 0.3) is 11.1 Å². The molecule has 0 aliphatic carbocycles. The van der Waals surface area contributed by atoms with Crippen LogP contribution < -0.4 is 10.1 Å². The smallest absolute Gasteiger partial charge is 0.325 e. The van der Waals surface area contributed by atoms with E-state index in [-0.39, 0.29) is 19.1 Å². The Labute approximate surface area is 170 Å². The molecule has 0 aliphatic heterocycles. The van der Waals surface area contributed by atoms with Gasteiger partial charge in [0.2, 0.25) is 0 Å². The summed E-state index contributed by atoms with van der Waals surface area (Å²) in [5.41, 5.74) is 3.50. The zero-order valence-corrected chi connectivity index (χ0v) is 16.3. The quantitative estimate of drug-likeness (QED) is 0.586. The Bertz CT molecular complexity index is 952. The predicted molar refractivity (Wildman–Crippen MR) is 112 cm³/mol. The van der Waals surface area contributed by atoms with Crippen molar-refractivity contribution >= 4 is 11.9 Å². The van der Waals surface area contributed by atoms with Crippen LogP contribution in [-0.2, 0) is 16.1 Å². The first-order chi connectivity index (χ1) is 14.2. The van der Waals surface area contributed by atoms with Gasteiger partial charge in [-0.15, -0.1) is 0 Å². The highest BCUT2D eigenvalue weighted by atomic mass is 16.5. The predicted octanol–water partition coefficient (Wildman–Crippen LogP) is 4.23. The highest BCUT2D eigenvalue weighted by molar-refractivity contribution is 5.98. The summed E-state index contributed by atoms with van der Waals surface area (Å²) >= 11 is 0. The molecule has 3 aromatic rings. The average Bonchev–Trinajstić information content (AvgIpc) is 2.77. The van der Waals surface area contributed by atoms with Gasteiger partial charge in [0.05, 0.1) is 12.2 Å². The highest BCUT2D eigenvalue weighted by Crippen LogP contribution is 2.20. The molecule has 0 aliphatic rings. The van der Waals surface area contributed by atoms with E-state index in [4.69, 9.17) is 9.47 Å². The maximum Gasteiger partial charge on any atom is 0.325 e. The van der Waals surface area contributed by atoms with Crippen LogP contribution in [0.15, 0.2) is 78.9 Å². The van der Waals surface area contributed by atoms with Gasteiger partial charge in [-0.05, 0) is 35.7 Å². The first-order valence-corrected chi connectivity index (χ1v) is 9.47. The SMILES string of the molecule is CCOc1ccccc1C(=O)NCC(=O)OCc1ccc(-c2ccccc2)cc1. The molecule has 0 saturated carbocycles. The van der Waals surface area contributed by atoms with Crippen LogP contribution >= 0.6 is 0 Å². The van der Waals surface area contributed by atoms with Gasteiger partial charge in [0.15, 0.2) is 0 Å². The molecule has 0 radical (unpaired) electrons. The van der Waals surface area contributed by atoms with Gasteiger partial charge in [-0.2, -0.15) is 0 Å². The van der Waals surface area contributed by atoms with Gasteiger partial charge in [0.25, 0.3) is 5.91 Å². The van der Waals surface area contributed by atoms with Crippen molar-refractivity contribution in [2.24, 2.45) is 0 Å². The Balaban J connectivity index is 1.48. The number of benzene rings is 3. The Kier molecular flexibility index (Phi) is 7.00. The van der Waals surface area contributed by atoms with E-state index in [2.05, 4.69) is 5.32 Å². The Morgan fingerprint density at radius 2 is 1.48 bits per heavy atom. The van der Waals surface area contributed by atoms with Crippen LogP contribution in [0, 0.1) is 0 Å². The Morgan fingerprint density at radius 3 is 2.21 bits per heavy atom. The van der Waals surface area contributed by atoms with Gasteiger partial charge in [-0.3, -0.25) is 9.59 Å². The van der Waals surface area contributed by atoms with Crippen LogP contribution in [0.3, 0.4) is 0 Å². The van der Waals surface area contributed by atoms with Crippen molar-refractivity contribution in [1.29, 1.82) is 0 Å². The fourth-order valence-corrected chi connectivity index (χ4v) is 2.82. The maximum absolute atomic E-state index is 12.3. The summed E-state index contributed by atoms with van der Waals surface area (Å²) < 4.78 is 10.7. The highest BCUT2D eigenvalue weighted by Gasteiger charge is 2.13. The summed E-state index contributed by atoms with van der Waals surface area (Å²) in [7, 11) is 0. The first kappa shape index (κ1) is 20.1. The number of rotatable bonds is 8. The second kappa shape index (κ2) is 10.1. The summed E-state index contributed by atoms with van der Waals surface area (Å²) in [4.78, 5) is 24.3. The molecule has 29 heavy (non-hydrogen) atoms. The molecule has 148 valence electrons. The fraction of sp³-hybridized carbons (Fsp3) is 0.167. The fourth-order valence-electron chi connectivity index (χ4n) is 2.82. The molecular weight excluding hydrogens is 366 g/mol. The number of ether oxygens (including phenoxy) is 2. The molecule has 1 N–H and O–H groups in total. The third-order valence-electron chi connectivity index (χ3n) is 4.29. The zero-order valence-electron chi connectivity index (χ0n) is 16.3. The topological polar surface area (TPSA) is 64.6 Å². The van der Waals surface area contributed by atoms with Gasteiger partial charge in [0.1, 0.15) is 18.9 Å². The van der Waals surface area contributed by atoms with E-state index < -0.39 is 5.97 Å². The van der Waals surface area contributed by atoms with Gasteiger partial charge < -0.3 is 14.8 Å². The minimum absolute atomic E-state index is 0.152. The van der Waals surface area contributed by atoms with Crippen molar-refractivity contribution in [3.63, 3.8) is 0 Å². The summed E-state index contributed by atoms with van der Waals surface area (Å²) in [5, 5.41) is 2.57. The molecule has 5 heteroatoms. The molecule has 0 heterocycles. The Hall–Kier alpha value is -3.60. The maximum atomic E-state index is 12.3. The van der Waals surface area contributed by atoms with Gasteiger partial charge in [0, 0.05) is 0 Å². The van der Waals surface area contributed by atoms with E-state index in [0.29, 0.717) is 17.9 Å². The van der Waals surface area contributed by atoms with Crippen molar-refractivity contribution in [2.45, 2.75) is 13.5 Å². The van der Waals surface area contributed by atoms with Crippen LogP contribution in [0.4, 0.5) is 0 Å². The molecule has 0 aromatic heterocycles. The van der Waals surface area contributed by atoms with Crippen LogP contribution in [0.5, 0.6) is 5.75 Å². The standard InChI is InChI=1S/C24H23NO4/c1-2-28-22-11-7-6-10-21(22)24(27)25-16-23(26)29-17-18-12-14-20(15-13-18)19-8-4-3-5-9-19/h3-15H,2,16-17H2,1H3,(H,25,27). The van der Waals surface area contributed by atoms with E-state index in [1.54, 1.807) is 24.3 Å². The third kappa shape index (κ3) is 5.69. The van der Waals surface area contributed by atoms with Crippen molar-refractivity contribution < 1.29 is 19.1 Å². The van der Waals surface area contributed by atoms with Crippen LogP contribution in [0.1, 0.15) is 22.8 Å². The van der Waals surface area contributed by atoms with Gasteiger partial charge in [-0.1, -0.05) is 66.7 Å². The molecule has 0 spiro atoms. The van der Waals surface area contributed by atoms with Crippen molar-refractivity contribution in [3.8, 4) is 16.9 Å². The summed E-state index contributed by atoms with van der Waals surface area (Å²) in [6, 6.07) is 24.8. The normalized spacial score (nSPS) is 10.2. The van der Waals surface area contributed by atoms with Crippen LogP contribution in [-0.4, -0.2) is 25.0 Å². The van der Waals surface area contributed by atoms with E-state index in [1.807, 2.05) is 61.5 Å². The molecule has 5 nitrogen and oxygen atoms in total. The number of nitrogens with one attached hydrogen (secondary N) is 1. The van der Waals surface area contributed by atoms with Gasteiger partial charge >= 0.3 is 5.97 Å². The zero-order chi connectivity index (χ0) is 20.5. The third-order valence-corrected chi connectivity index (χ3v) is 4.29. The molecule has 0 atom stereocenters. The van der Waals surface area contributed by atoms with E-state index in [9.17, 15) is 9.59 Å². The number of hydrogen-bond donors (Lipinski definition) is 1. The van der Waals surface area contributed by atoms with E-state index in [0.717, 1.165) is 16.7 Å².